The van der Waals surface area contributed by atoms with E-state index in [1.807, 2.05) is 0 Å². The number of carbonyl (C=O) groups is 2. The van der Waals surface area contributed by atoms with E-state index in [1.54, 1.807) is 30.3 Å². The Kier molecular flexibility index (Phi) is 4.60. The van der Waals surface area contributed by atoms with E-state index in [4.69, 9.17) is 9.47 Å². The standard InChI is InChI=1S/C17H15FN2O4/c18-12-3-1-11(2-4-12)9-19-16(21)8-17(22)20-13-5-6-14-15(7-13)24-10-23-14/h1-7H,8-10H2,(H,19,21)(H,20,22). The number of halogens is 1. The number of amides is 2. The van der Waals surface area contributed by atoms with Gasteiger partial charge in [0.05, 0.1) is 0 Å². The Balaban J connectivity index is 1.47. The van der Waals surface area contributed by atoms with Crippen LogP contribution >= 0.6 is 0 Å². The van der Waals surface area contributed by atoms with Crippen molar-refractivity contribution in [1.29, 1.82) is 0 Å². The lowest BCUT2D eigenvalue weighted by atomic mass is 10.2. The molecule has 0 unspecified atom stereocenters. The molecule has 7 heteroatoms. The predicted octanol–water partition coefficient (Wildman–Crippen LogP) is 2.20. The van der Waals surface area contributed by atoms with Gasteiger partial charge in [-0.15, -0.1) is 0 Å². The van der Waals surface area contributed by atoms with Gasteiger partial charge in [-0.05, 0) is 29.8 Å². The molecule has 0 aliphatic carbocycles. The number of hydrogen-bond acceptors (Lipinski definition) is 4. The molecule has 1 aliphatic heterocycles. The molecule has 0 radical (unpaired) electrons. The summed E-state index contributed by atoms with van der Waals surface area (Å²) in [5.74, 6) is -0.0326. The third-order valence-corrected chi connectivity index (χ3v) is 3.38. The number of rotatable bonds is 5. The third-order valence-electron chi connectivity index (χ3n) is 3.38. The summed E-state index contributed by atoms with van der Waals surface area (Å²) in [4.78, 5) is 23.7. The topological polar surface area (TPSA) is 76.7 Å². The predicted molar refractivity (Wildman–Crippen MR) is 84.1 cm³/mol. The fourth-order valence-corrected chi connectivity index (χ4v) is 2.19. The normalized spacial score (nSPS) is 11.9. The maximum atomic E-state index is 12.8. The Bertz CT molecular complexity index is 762. The first-order valence-corrected chi connectivity index (χ1v) is 7.31. The zero-order valence-electron chi connectivity index (χ0n) is 12.7. The van der Waals surface area contributed by atoms with Gasteiger partial charge in [0.25, 0.3) is 0 Å². The summed E-state index contributed by atoms with van der Waals surface area (Å²) in [7, 11) is 0. The minimum absolute atomic E-state index is 0.151. The number of hydrogen-bond donors (Lipinski definition) is 2. The van der Waals surface area contributed by atoms with E-state index in [-0.39, 0.29) is 25.6 Å². The van der Waals surface area contributed by atoms with E-state index >= 15 is 0 Å². The highest BCUT2D eigenvalue weighted by Gasteiger charge is 2.15. The molecule has 124 valence electrons. The van der Waals surface area contributed by atoms with Crippen LogP contribution in [-0.2, 0) is 16.1 Å². The molecular formula is C17H15FN2O4. The molecule has 6 nitrogen and oxygen atoms in total. The molecule has 0 atom stereocenters. The van der Waals surface area contributed by atoms with Crippen LogP contribution in [0.5, 0.6) is 11.5 Å². The highest BCUT2D eigenvalue weighted by Crippen LogP contribution is 2.34. The minimum atomic E-state index is -0.439. The van der Waals surface area contributed by atoms with E-state index in [0.717, 1.165) is 5.56 Å². The van der Waals surface area contributed by atoms with Gasteiger partial charge in [-0.2, -0.15) is 0 Å². The number of ether oxygens (including phenoxy) is 2. The van der Waals surface area contributed by atoms with Gasteiger partial charge < -0.3 is 20.1 Å². The number of nitrogens with one attached hydrogen (secondary N) is 2. The fourth-order valence-electron chi connectivity index (χ4n) is 2.19. The number of carbonyl (C=O) groups excluding carboxylic acids is 2. The summed E-state index contributed by atoms with van der Waals surface area (Å²) >= 11 is 0. The molecule has 0 aromatic heterocycles. The average Bonchev–Trinajstić information content (AvgIpc) is 3.02. The summed E-state index contributed by atoms with van der Waals surface area (Å²) in [5.41, 5.74) is 1.27. The number of fused-ring (bicyclic) bond motifs is 1. The van der Waals surface area contributed by atoms with E-state index in [0.29, 0.717) is 17.2 Å². The van der Waals surface area contributed by atoms with Crippen LogP contribution in [0.15, 0.2) is 42.5 Å². The van der Waals surface area contributed by atoms with E-state index in [9.17, 15) is 14.0 Å². The summed E-state index contributed by atoms with van der Waals surface area (Å²) < 4.78 is 23.2. The monoisotopic (exact) mass is 330 g/mol. The van der Waals surface area contributed by atoms with Crippen molar-refractivity contribution >= 4 is 17.5 Å². The highest BCUT2D eigenvalue weighted by atomic mass is 19.1. The van der Waals surface area contributed by atoms with E-state index < -0.39 is 11.8 Å². The lowest BCUT2D eigenvalue weighted by molar-refractivity contribution is -0.126. The van der Waals surface area contributed by atoms with E-state index in [1.165, 1.54) is 12.1 Å². The fraction of sp³-hybridized carbons (Fsp3) is 0.176. The van der Waals surface area contributed by atoms with E-state index in [2.05, 4.69) is 10.6 Å². The smallest absolute Gasteiger partial charge is 0.233 e. The van der Waals surface area contributed by atoms with Crippen LogP contribution in [0.2, 0.25) is 0 Å². The Morgan fingerprint density at radius 3 is 2.54 bits per heavy atom. The summed E-state index contributed by atoms with van der Waals surface area (Å²) in [6.07, 6.45) is -0.310. The van der Waals surface area contributed by atoms with Gasteiger partial charge in [-0.1, -0.05) is 12.1 Å². The molecule has 0 fully saturated rings. The zero-order chi connectivity index (χ0) is 16.9. The maximum absolute atomic E-state index is 12.8. The second-order valence-corrected chi connectivity index (χ2v) is 5.20. The lowest BCUT2D eigenvalue weighted by Crippen LogP contribution is -2.27. The van der Waals surface area contributed by atoms with Crippen LogP contribution in [0, 0.1) is 5.82 Å². The number of anilines is 1. The second-order valence-electron chi connectivity index (χ2n) is 5.20. The first-order chi connectivity index (χ1) is 11.6. The summed E-state index contributed by atoms with van der Waals surface area (Å²) in [6, 6.07) is 10.8. The second kappa shape index (κ2) is 6.99. The SMILES string of the molecule is O=C(CC(=O)Nc1ccc2c(c1)OCO2)NCc1ccc(F)cc1. The Labute approximate surface area is 137 Å². The maximum Gasteiger partial charge on any atom is 0.233 e. The van der Waals surface area contributed by atoms with Gasteiger partial charge in [0.1, 0.15) is 12.2 Å². The van der Waals surface area contributed by atoms with Crippen molar-refractivity contribution in [3.8, 4) is 11.5 Å². The van der Waals surface area contributed by atoms with Crippen molar-refractivity contribution in [3.63, 3.8) is 0 Å². The molecule has 2 amide bonds. The molecule has 1 heterocycles. The van der Waals surface area contributed by atoms with Crippen molar-refractivity contribution in [2.24, 2.45) is 0 Å². The Hall–Kier alpha value is -3.09. The quantitative estimate of drug-likeness (QED) is 0.824. The zero-order valence-corrected chi connectivity index (χ0v) is 12.7. The van der Waals surface area contributed by atoms with Crippen LogP contribution in [0.25, 0.3) is 0 Å². The Morgan fingerprint density at radius 1 is 1.00 bits per heavy atom. The molecule has 1 aliphatic rings. The molecule has 2 aromatic carbocycles. The van der Waals surface area contributed by atoms with Gasteiger partial charge in [-0.25, -0.2) is 4.39 Å². The van der Waals surface area contributed by atoms with Crippen LogP contribution in [0.3, 0.4) is 0 Å². The largest absolute Gasteiger partial charge is 0.454 e. The minimum Gasteiger partial charge on any atom is -0.454 e. The van der Waals surface area contributed by atoms with Gasteiger partial charge in [-0.3, -0.25) is 9.59 Å². The molecule has 3 rings (SSSR count). The summed E-state index contributed by atoms with van der Waals surface area (Å²) in [6.45, 7) is 0.384. The van der Waals surface area contributed by atoms with Crippen LogP contribution in [0.1, 0.15) is 12.0 Å². The molecule has 0 bridgehead atoms. The van der Waals surface area contributed by atoms with Gasteiger partial charge >= 0.3 is 0 Å². The lowest BCUT2D eigenvalue weighted by Gasteiger charge is -2.07. The molecule has 2 aromatic rings. The Morgan fingerprint density at radius 2 is 1.75 bits per heavy atom. The molecule has 0 spiro atoms. The molecule has 0 saturated carbocycles. The first-order valence-electron chi connectivity index (χ1n) is 7.31. The van der Waals surface area contributed by atoms with Crippen molar-refractivity contribution in [1.82, 2.24) is 5.32 Å². The molecule has 0 saturated heterocycles. The summed E-state index contributed by atoms with van der Waals surface area (Å²) in [5, 5.41) is 5.23. The van der Waals surface area contributed by atoms with Crippen molar-refractivity contribution in [3.05, 3.63) is 53.8 Å². The van der Waals surface area contributed by atoms with Gasteiger partial charge in [0.15, 0.2) is 11.5 Å². The molecule has 24 heavy (non-hydrogen) atoms. The third kappa shape index (κ3) is 4.01. The van der Waals surface area contributed by atoms with Crippen LogP contribution in [0.4, 0.5) is 10.1 Å². The first kappa shape index (κ1) is 15.8. The van der Waals surface area contributed by atoms with Crippen molar-refractivity contribution in [2.45, 2.75) is 13.0 Å². The number of benzene rings is 2. The molecule has 2 N–H and O–H groups in total. The molecular weight excluding hydrogens is 315 g/mol. The van der Waals surface area contributed by atoms with Crippen molar-refractivity contribution in [2.75, 3.05) is 12.1 Å². The van der Waals surface area contributed by atoms with Crippen molar-refractivity contribution < 1.29 is 23.5 Å². The van der Waals surface area contributed by atoms with Crippen LogP contribution in [-0.4, -0.2) is 18.6 Å². The van der Waals surface area contributed by atoms with Crippen LogP contribution < -0.4 is 20.1 Å². The average molecular weight is 330 g/mol. The highest BCUT2D eigenvalue weighted by molar-refractivity contribution is 6.03. The van der Waals surface area contributed by atoms with Gasteiger partial charge in [0.2, 0.25) is 18.6 Å². The van der Waals surface area contributed by atoms with Gasteiger partial charge in [0, 0.05) is 18.3 Å².